The van der Waals surface area contributed by atoms with Crippen LogP contribution in [-0.2, 0) is 6.42 Å². The van der Waals surface area contributed by atoms with Crippen LogP contribution in [-0.4, -0.2) is 0 Å². The molecule has 1 N–H and O–H groups in total. The summed E-state index contributed by atoms with van der Waals surface area (Å²) < 4.78 is 0. The van der Waals surface area contributed by atoms with Gasteiger partial charge in [-0.3, -0.25) is 0 Å². The lowest BCUT2D eigenvalue weighted by atomic mass is 10.0. The van der Waals surface area contributed by atoms with Gasteiger partial charge >= 0.3 is 0 Å². The molecule has 1 atom stereocenters. The maximum Gasteiger partial charge on any atom is 0.0569 e. The number of benzene rings is 3. The first-order valence-corrected chi connectivity index (χ1v) is 7.70. The molecule has 104 valence electrons. The lowest BCUT2D eigenvalue weighted by molar-refractivity contribution is 0.825. The molecular formula is C18H13Cl2N. The fraction of sp³-hybridized carbons (Fsp3) is 0.111. The van der Waals surface area contributed by atoms with Crippen LogP contribution in [0.25, 0.3) is 10.8 Å². The molecule has 0 saturated heterocycles. The highest BCUT2D eigenvalue weighted by Crippen LogP contribution is 2.41. The van der Waals surface area contributed by atoms with Gasteiger partial charge in [0, 0.05) is 21.1 Å². The third-order valence-corrected chi connectivity index (χ3v) is 4.66. The first-order chi connectivity index (χ1) is 10.2. The highest BCUT2D eigenvalue weighted by molar-refractivity contribution is 6.35. The van der Waals surface area contributed by atoms with Gasteiger partial charge in [0.05, 0.1) is 6.04 Å². The van der Waals surface area contributed by atoms with Crippen molar-refractivity contribution in [2.75, 3.05) is 5.32 Å². The molecule has 1 aliphatic heterocycles. The topological polar surface area (TPSA) is 12.0 Å². The van der Waals surface area contributed by atoms with Gasteiger partial charge in [0.2, 0.25) is 0 Å². The Morgan fingerprint density at radius 2 is 1.81 bits per heavy atom. The van der Waals surface area contributed by atoms with Crippen LogP contribution in [0.3, 0.4) is 0 Å². The molecule has 0 fully saturated rings. The summed E-state index contributed by atoms with van der Waals surface area (Å²) in [5.41, 5.74) is 3.66. The van der Waals surface area contributed by atoms with Gasteiger partial charge in [0.15, 0.2) is 0 Å². The Balaban J connectivity index is 1.78. The molecule has 3 aromatic rings. The molecule has 0 amide bonds. The monoisotopic (exact) mass is 313 g/mol. The zero-order valence-electron chi connectivity index (χ0n) is 11.2. The van der Waals surface area contributed by atoms with E-state index < -0.39 is 0 Å². The Morgan fingerprint density at radius 1 is 0.952 bits per heavy atom. The number of halogens is 2. The highest BCUT2D eigenvalue weighted by Gasteiger charge is 2.25. The van der Waals surface area contributed by atoms with E-state index in [2.05, 4.69) is 41.7 Å². The van der Waals surface area contributed by atoms with Gasteiger partial charge in [0.25, 0.3) is 0 Å². The molecule has 0 radical (unpaired) electrons. The van der Waals surface area contributed by atoms with E-state index in [1.807, 2.05) is 12.1 Å². The minimum absolute atomic E-state index is 0.204. The molecule has 1 nitrogen and oxygen atoms in total. The van der Waals surface area contributed by atoms with E-state index in [1.165, 1.54) is 22.0 Å². The SMILES string of the molecule is Clc1ccc(C2Cc3ccc4ccccc4c3N2)c(Cl)c1. The van der Waals surface area contributed by atoms with E-state index in [0.717, 1.165) is 17.0 Å². The van der Waals surface area contributed by atoms with Crippen molar-refractivity contribution in [2.45, 2.75) is 12.5 Å². The van der Waals surface area contributed by atoms with E-state index in [1.54, 1.807) is 6.07 Å². The molecule has 4 rings (SSSR count). The van der Waals surface area contributed by atoms with Gasteiger partial charge in [-0.15, -0.1) is 0 Å². The highest BCUT2D eigenvalue weighted by atomic mass is 35.5. The summed E-state index contributed by atoms with van der Waals surface area (Å²) in [6.07, 6.45) is 0.946. The Kier molecular flexibility index (Phi) is 3.06. The number of nitrogens with one attached hydrogen (secondary N) is 1. The number of anilines is 1. The summed E-state index contributed by atoms with van der Waals surface area (Å²) in [6.45, 7) is 0. The lowest BCUT2D eigenvalue weighted by Crippen LogP contribution is -2.06. The Labute approximate surface area is 133 Å². The molecule has 21 heavy (non-hydrogen) atoms. The molecule has 3 heteroatoms. The molecule has 1 aliphatic rings. The molecule has 1 unspecified atom stereocenters. The van der Waals surface area contributed by atoms with Gasteiger partial charge in [-0.05, 0) is 35.1 Å². The normalized spacial score (nSPS) is 16.8. The van der Waals surface area contributed by atoms with Crippen LogP contribution in [0.1, 0.15) is 17.2 Å². The maximum atomic E-state index is 6.35. The van der Waals surface area contributed by atoms with Crippen molar-refractivity contribution in [2.24, 2.45) is 0 Å². The van der Waals surface area contributed by atoms with Crippen molar-refractivity contribution in [1.29, 1.82) is 0 Å². The minimum Gasteiger partial charge on any atom is -0.377 e. The van der Waals surface area contributed by atoms with Crippen LogP contribution >= 0.6 is 23.2 Å². The second kappa shape index (κ2) is 4.94. The third-order valence-electron chi connectivity index (χ3n) is 4.10. The Hall–Kier alpha value is -1.70. The first kappa shape index (κ1) is 13.0. The molecule has 3 aromatic carbocycles. The van der Waals surface area contributed by atoms with Crippen LogP contribution in [0.2, 0.25) is 10.0 Å². The standard InChI is InChI=1S/C18H13Cl2N/c19-13-7-8-15(16(20)10-13)17-9-12-6-5-11-3-1-2-4-14(11)18(12)21-17/h1-8,10,17,21H,9H2. The lowest BCUT2D eigenvalue weighted by Gasteiger charge is -2.14. The Bertz CT molecular complexity index is 842. The zero-order valence-corrected chi connectivity index (χ0v) is 12.7. The van der Waals surface area contributed by atoms with Gasteiger partial charge < -0.3 is 5.32 Å². The van der Waals surface area contributed by atoms with Crippen LogP contribution in [0.15, 0.2) is 54.6 Å². The minimum atomic E-state index is 0.204. The van der Waals surface area contributed by atoms with Crippen molar-refractivity contribution in [3.63, 3.8) is 0 Å². The summed E-state index contributed by atoms with van der Waals surface area (Å²) in [5, 5.41) is 7.54. The van der Waals surface area contributed by atoms with E-state index in [4.69, 9.17) is 23.2 Å². The maximum absolute atomic E-state index is 6.35. The molecule has 0 aromatic heterocycles. The van der Waals surface area contributed by atoms with Crippen molar-refractivity contribution in [3.05, 3.63) is 75.8 Å². The van der Waals surface area contributed by atoms with Crippen LogP contribution in [0.4, 0.5) is 5.69 Å². The Morgan fingerprint density at radius 3 is 2.67 bits per heavy atom. The quantitative estimate of drug-likeness (QED) is 0.593. The fourth-order valence-electron chi connectivity index (χ4n) is 3.07. The number of hydrogen-bond donors (Lipinski definition) is 1. The molecule has 0 bridgehead atoms. The van der Waals surface area contributed by atoms with Gasteiger partial charge in [0.1, 0.15) is 0 Å². The largest absolute Gasteiger partial charge is 0.377 e. The smallest absolute Gasteiger partial charge is 0.0569 e. The summed E-state index contributed by atoms with van der Waals surface area (Å²) >= 11 is 12.3. The van der Waals surface area contributed by atoms with E-state index in [9.17, 15) is 0 Å². The molecule has 0 saturated carbocycles. The summed E-state index contributed by atoms with van der Waals surface area (Å²) in [5.74, 6) is 0. The predicted octanol–water partition coefficient (Wildman–Crippen LogP) is 5.86. The van der Waals surface area contributed by atoms with Crippen LogP contribution in [0, 0.1) is 0 Å². The average Bonchev–Trinajstić information content (AvgIpc) is 2.91. The van der Waals surface area contributed by atoms with Crippen molar-refractivity contribution in [1.82, 2.24) is 0 Å². The van der Waals surface area contributed by atoms with Gasteiger partial charge in [-0.25, -0.2) is 0 Å². The average molecular weight is 314 g/mol. The third kappa shape index (κ3) is 2.17. The first-order valence-electron chi connectivity index (χ1n) is 6.94. The second-order valence-electron chi connectivity index (χ2n) is 5.39. The van der Waals surface area contributed by atoms with Crippen LogP contribution in [0.5, 0.6) is 0 Å². The van der Waals surface area contributed by atoms with E-state index >= 15 is 0 Å². The second-order valence-corrected chi connectivity index (χ2v) is 6.23. The molecule has 0 spiro atoms. The molecule has 1 heterocycles. The summed E-state index contributed by atoms with van der Waals surface area (Å²) in [6, 6.07) is 18.7. The van der Waals surface area contributed by atoms with Crippen molar-refractivity contribution in [3.8, 4) is 0 Å². The molecule has 0 aliphatic carbocycles. The summed E-state index contributed by atoms with van der Waals surface area (Å²) in [7, 11) is 0. The number of hydrogen-bond acceptors (Lipinski definition) is 1. The van der Waals surface area contributed by atoms with E-state index in [-0.39, 0.29) is 6.04 Å². The van der Waals surface area contributed by atoms with Crippen molar-refractivity contribution >= 4 is 39.7 Å². The molecular weight excluding hydrogens is 301 g/mol. The summed E-state index contributed by atoms with van der Waals surface area (Å²) in [4.78, 5) is 0. The van der Waals surface area contributed by atoms with Crippen molar-refractivity contribution < 1.29 is 0 Å². The van der Waals surface area contributed by atoms with E-state index in [0.29, 0.717) is 5.02 Å². The zero-order chi connectivity index (χ0) is 14.4. The van der Waals surface area contributed by atoms with Gasteiger partial charge in [-0.1, -0.05) is 65.7 Å². The predicted molar refractivity (Wildman–Crippen MR) is 90.5 cm³/mol. The van der Waals surface area contributed by atoms with Gasteiger partial charge in [-0.2, -0.15) is 0 Å². The van der Waals surface area contributed by atoms with Crippen LogP contribution < -0.4 is 5.32 Å². The number of rotatable bonds is 1. The number of fused-ring (bicyclic) bond motifs is 3. The fourth-order valence-corrected chi connectivity index (χ4v) is 3.61.